The number of benzene rings is 1. The smallest absolute Gasteiger partial charge is 0.328 e. The van der Waals surface area contributed by atoms with Gasteiger partial charge in [-0.25, -0.2) is 4.79 Å². The first-order valence-corrected chi connectivity index (χ1v) is 5.87. The average Bonchev–Trinajstić information content (AvgIpc) is 2.80. The predicted molar refractivity (Wildman–Crippen MR) is 69.2 cm³/mol. The lowest BCUT2D eigenvalue weighted by molar-refractivity contribution is -0.120. The number of fused-ring (bicyclic) bond motifs is 1. The van der Waals surface area contributed by atoms with Crippen molar-refractivity contribution >= 4 is 34.8 Å². The molecule has 0 atom stereocenters. The predicted octanol–water partition coefficient (Wildman–Crippen LogP) is 1.43. The Morgan fingerprint density at radius 3 is 2.79 bits per heavy atom. The van der Waals surface area contributed by atoms with E-state index in [9.17, 15) is 14.4 Å². The van der Waals surface area contributed by atoms with Crippen LogP contribution in [0.15, 0.2) is 24.3 Å². The Hall–Kier alpha value is -2.63. The summed E-state index contributed by atoms with van der Waals surface area (Å²) in [6.07, 6.45) is 1.03. The van der Waals surface area contributed by atoms with Gasteiger partial charge in [0.05, 0.1) is 5.69 Å². The first kappa shape index (κ1) is 11.5. The van der Waals surface area contributed by atoms with Crippen LogP contribution in [0.5, 0.6) is 0 Å². The molecule has 0 aliphatic carbocycles. The summed E-state index contributed by atoms with van der Waals surface area (Å²) in [5, 5.41) is 3.13. The molecule has 0 radical (unpaired) electrons. The molecule has 2 aromatic rings. The van der Waals surface area contributed by atoms with E-state index in [1.807, 2.05) is 6.07 Å². The second-order valence-electron chi connectivity index (χ2n) is 4.37. The number of imide groups is 1. The van der Waals surface area contributed by atoms with E-state index in [1.54, 1.807) is 18.2 Å². The molecule has 2 N–H and O–H groups in total. The molecule has 1 aliphatic heterocycles. The van der Waals surface area contributed by atoms with Gasteiger partial charge >= 0.3 is 6.03 Å². The molecule has 1 aromatic heterocycles. The maximum absolute atomic E-state index is 11.7. The Morgan fingerprint density at radius 1 is 1.21 bits per heavy atom. The maximum atomic E-state index is 11.7. The zero-order valence-electron chi connectivity index (χ0n) is 9.97. The van der Waals surface area contributed by atoms with Gasteiger partial charge < -0.3 is 4.98 Å². The quantitative estimate of drug-likeness (QED) is 0.798. The molecule has 1 fully saturated rings. The van der Waals surface area contributed by atoms with Crippen LogP contribution in [0.2, 0.25) is 0 Å². The van der Waals surface area contributed by atoms with Crippen LogP contribution in [0.1, 0.15) is 16.9 Å². The lowest BCUT2D eigenvalue weighted by Crippen LogP contribution is -2.49. The van der Waals surface area contributed by atoms with Gasteiger partial charge in [0.25, 0.3) is 0 Å². The van der Waals surface area contributed by atoms with Crippen LogP contribution in [-0.2, 0) is 4.79 Å². The van der Waals surface area contributed by atoms with E-state index in [1.165, 1.54) is 4.90 Å². The van der Waals surface area contributed by atoms with Crippen LogP contribution >= 0.6 is 0 Å². The first-order chi connectivity index (χ1) is 9.17. The summed E-state index contributed by atoms with van der Waals surface area (Å²) in [6.45, 7) is 0.362. The number of aldehydes is 1. The zero-order valence-corrected chi connectivity index (χ0v) is 9.97. The molecule has 3 rings (SSSR count). The Bertz CT molecular complexity index is 689. The van der Waals surface area contributed by atoms with Crippen molar-refractivity contribution in [1.82, 2.24) is 10.3 Å². The molecule has 1 aliphatic rings. The van der Waals surface area contributed by atoms with E-state index >= 15 is 0 Å². The van der Waals surface area contributed by atoms with Gasteiger partial charge in [-0.1, -0.05) is 0 Å². The molecule has 6 heteroatoms. The summed E-state index contributed by atoms with van der Waals surface area (Å²) >= 11 is 0. The van der Waals surface area contributed by atoms with Gasteiger partial charge in [-0.05, 0) is 24.3 Å². The Kier molecular flexibility index (Phi) is 2.56. The summed E-state index contributed by atoms with van der Waals surface area (Å²) in [4.78, 5) is 38.0. The SMILES string of the molecule is O=Cc1cc2cc(N3CCC(=O)NC3=O)ccc2[nH]1. The van der Waals surface area contributed by atoms with E-state index in [4.69, 9.17) is 0 Å². The maximum Gasteiger partial charge on any atom is 0.328 e. The minimum Gasteiger partial charge on any atom is -0.352 e. The van der Waals surface area contributed by atoms with Gasteiger partial charge in [0.1, 0.15) is 0 Å². The highest BCUT2D eigenvalue weighted by molar-refractivity contribution is 6.06. The topological polar surface area (TPSA) is 82.3 Å². The van der Waals surface area contributed by atoms with Crippen molar-refractivity contribution in [3.8, 4) is 0 Å². The van der Waals surface area contributed by atoms with Crippen LogP contribution in [0.25, 0.3) is 10.9 Å². The van der Waals surface area contributed by atoms with Gasteiger partial charge in [-0.3, -0.25) is 19.8 Å². The highest BCUT2D eigenvalue weighted by Crippen LogP contribution is 2.23. The molecule has 96 valence electrons. The summed E-state index contributed by atoms with van der Waals surface area (Å²) in [5.41, 5.74) is 2.03. The van der Waals surface area contributed by atoms with E-state index < -0.39 is 6.03 Å². The molecule has 19 heavy (non-hydrogen) atoms. The van der Waals surface area contributed by atoms with Crippen molar-refractivity contribution in [1.29, 1.82) is 0 Å². The van der Waals surface area contributed by atoms with Gasteiger partial charge in [-0.2, -0.15) is 0 Å². The molecule has 0 unspecified atom stereocenters. The molecule has 0 saturated carbocycles. The number of hydrogen-bond donors (Lipinski definition) is 2. The average molecular weight is 257 g/mol. The fraction of sp³-hybridized carbons (Fsp3) is 0.154. The Morgan fingerprint density at radius 2 is 2.05 bits per heavy atom. The van der Waals surface area contributed by atoms with Crippen LogP contribution < -0.4 is 10.2 Å². The number of nitrogens with zero attached hydrogens (tertiary/aromatic N) is 1. The number of amides is 3. The van der Waals surface area contributed by atoms with E-state index in [-0.39, 0.29) is 12.3 Å². The summed E-state index contributed by atoms with van der Waals surface area (Å²) in [7, 11) is 0. The second kappa shape index (κ2) is 4.24. The third-order valence-electron chi connectivity index (χ3n) is 3.12. The molecule has 0 spiro atoms. The summed E-state index contributed by atoms with van der Waals surface area (Å²) in [5.74, 6) is -0.257. The lowest BCUT2D eigenvalue weighted by Gasteiger charge is -2.26. The van der Waals surface area contributed by atoms with Crippen molar-refractivity contribution in [2.45, 2.75) is 6.42 Å². The van der Waals surface area contributed by atoms with Crippen LogP contribution in [0.4, 0.5) is 10.5 Å². The lowest BCUT2D eigenvalue weighted by atomic mass is 10.2. The summed E-state index contributed by atoms with van der Waals surface area (Å²) in [6, 6.07) is 6.71. The van der Waals surface area contributed by atoms with E-state index in [0.29, 0.717) is 17.9 Å². The zero-order chi connectivity index (χ0) is 13.4. The molecular formula is C13H11N3O3. The van der Waals surface area contributed by atoms with E-state index in [0.717, 1.165) is 17.2 Å². The number of aromatic nitrogens is 1. The van der Waals surface area contributed by atoms with Gasteiger partial charge in [0.2, 0.25) is 5.91 Å². The Labute approximate surface area is 108 Å². The highest BCUT2D eigenvalue weighted by Gasteiger charge is 2.24. The van der Waals surface area contributed by atoms with Crippen molar-refractivity contribution < 1.29 is 14.4 Å². The largest absolute Gasteiger partial charge is 0.352 e. The fourth-order valence-corrected chi connectivity index (χ4v) is 2.18. The normalized spacial score (nSPS) is 15.7. The monoisotopic (exact) mass is 257 g/mol. The van der Waals surface area contributed by atoms with Gasteiger partial charge in [-0.15, -0.1) is 0 Å². The minimum absolute atomic E-state index is 0.257. The van der Waals surface area contributed by atoms with Crippen LogP contribution in [0.3, 0.4) is 0 Å². The third kappa shape index (κ3) is 1.97. The van der Waals surface area contributed by atoms with Gasteiger partial charge in [0.15, 0.2) is 6.29 Å². The number of carbonyl (C=O) groups excluding carboxylic acids is 3. The van der Waals surface area contributed by atoms with Crippen molar-refractivity contribution in [3.05, 3.63) is 30.0 Å². The number of anilines is 1. The van der Waals surface area contributed by atoms with Crippen molar-refractivity contribution in [3.63, 3.8) is 0 Å². The first-order valence-electron chi connectivity index (χ1n) is 5.87. The number of nitrogens with one attached hydrogen (secondary N) is 2. The molecule has 1 saturated heterocycles. The number of hydrogen-bond acceptors (Lipinski definition) is 3. The highest BCUT2D eigenvalue weighted by atomic mass is 16.2. The van der Waals surface area contributed by atoms with Crippen LogP contribution in [0, 0.1) is 0 Å². The molecule has 0 bridgehead atoms. The van der Waals surface area contributed by atoms with Crippen LogP contribution in [-0.4, -0.2) is 29.8 Å². The summed E-state index contributed by atoms with van der Waals surface area (Å²) < 4.78 is 0. The number of rotatable bonds is 2. The second-order valence-corrected chi connectivity index (χ2v) is 4.37. The number of aromatic amines is 1. The van der Waals surface area contributed by atoms with Crippen molar-refractivity contribution in [2.24, 2.45) is 0 Å². The third-order valence-corrected chi connectivity index (χ3v) is 3.12. The molecule has 1 aromatic carbocycles. The molecule has 2 heterocycles. The van der Waals surface area contributed by atoms with Gasteiger partial charge in [0, 0.05) is 29.6 Å². The molecular weight excluding hydrogens is 246 g/mol. The van der Waals surface area contributed by atoms with E-state index in [2.05, 4.69) is 10.3 Å². The number of urea groups is 1. The Balaban J connectivity index is 1.98. The number of carbonyl (C=O) groups is 3. The molecule has 6 nitrogen and oxygen atoms in total. The fourth-order valence-electron chi connectivity index (χ4n) is 2.18. The minimum atomic E-state index is -0.415. The number of H-pyrrole nitrogens is 1. The standard InChI is InChI=1S/C13H11N3O3/c17-7-9-5-8-6-10(1-2-11(8)14-9)16-4-3-12(18)15-13(16)19/h1-2,5-7,14H,3-4H2,(H,15,18,19). The van der Waals surface area contributed by atoms with Crippen molar-refractivity contribution in [2.75, 3.05) is 11.4 Å². The molecule has 3 amide bonds.